The Morgan fingerprint density at radius 2 is 0.903 bits per heavy atom. The summed E-state index contributed by atoms with van der Waals surface area (Å²) in [6, 6.07) is 0. The van der Waals surface area contributed by atoms with Crippen molar-refractivity contribution in [3.8, 4) is 0 Å². The van der Waals surface area contributed by atoms with E-state index in [-0.39, 0.29) is 21.5 Å². The van der Waals surface area contributed by atoms with Crippen LogP contribution >= 0.6 is 0 Å². The zero-order valence-corrected chi connectivity index (χ0v) is 18.7. The molecular formula is C24H30FeO6. The van der Waals surface area contributed by atoms with Crippen LogP contribution in [0.15, 0.2) is 0 Å². The molecular weight excluding hydrogens is 440 g/mol. The minimum absolute atomic E-state index is 0.100. The van der Waals surface area contributed by atoms with Crippen LogP contribution in [0.4, 0.5) is 0 Å². The summed E-state index contributed by atoms with van der Waals surface area (Å²) < 4.78 is -0.200. The molecule has 0 saturated carbocycles. The Bertz CT molecular complexity index is 1340. The molecule has 0 aromatic heterocycles. The molecule has 0 bridgehead atoms. The zero-order chi connectivity index (χ0) is 21.3. The fourth-order valence-electron chi connectivity index (χ4n) is 20.0. The number of carbonyl (C=O) groups excluding carboxylic acids is 2. The number of carbonyl (C=O) groups is 4. The van der Waals surface area contributed by atoms with Crippen molar-refractivity contribution in [3.05, 3.63) is 0 Å². The number of fused-ring (bicyclic) bond motifs is 10. The predicted octanol–water partition coefficient (Wildman–Crippen LogP) is 5.32. The normalized spacial score (nSPS) is 72.6. The van der Waals surface area contributed by atoms with Gasteiger partial charge < -0.3 is 0 Å². The number of ketones is 2. The Morgan fingerprint density at radius 3 is 1.19 bits per heavy atom. The molecule has 0 radical (unpaired) electrons. The molecule has 10 fully saturated rings. The average molecular weight is 470 g/mol. The third kappa shape index (κ3) is 0.321. The van der Waals surface area contributed by atoms with Crippen molar-refractivity contribution in [2.75, 3.05) is 0 Å². The quantitative estimate of drug-likeness (QED) is 0.263. The van der Waals surface area contributed by atoms with E-state index in [0.29, 0.717) is 37.2 Å². The van der Waals surface area contributed by atoms with Crippen molar-refractivity contribution in [2.24, 2.45) is 0 Å². The van der Waals surface area contributed by atoms with Gasteiger partial charge in [0.05, 0.1) is 0 Å². The molecule has 4 atom stereocenters. The van der Waals surface area contributed by atoms with E-state index in [9.17, 15) is 19.2 Å². The van der Waals surface area contributed by atoms with Crippen LogP contribution in [0, 0.1) is 0 Å². The Labute approximate surface area is 170 Å². The second-order valence-corrected chi connectivity index (χ2v) is 37.7. The van der Waals surface area contributed by atoms with Gasteiger partial charge >= 0.3 is 171 Å². The topological polar surface area (TPSA) is 109 Å². The van der Waals surface area contributed by atoms with Crippen molar-refractivity contribution >= 4 is 23.5 Å². The summed E-state index contributed by atoms with van der Waals surface area (Å²) in [5.41, 5.74) is 0. The van der Waals surface area contributed by atoms with Crippen LogP contribution in [0.5, 0.6) is 0 Å². The molecule has 1 spiro atoms. The molecule has 7 heteroatoms. The van der Waals surface area contributed by atoms with E-state index in [1.54, 1.807) is 0 Å². The van der Waals surface area contributed by atoms with Crippen LogP contribution in [-0.4, -0.2) is 33.7 Å². The van der Waals surface area contributed by atoms with Crippen LogP contribution in [0.25, 0.3) is 0 Å². The molecule has 10 heterocycles. The summed E-state index contributed by atoms with van der Waals surface area (Å²) in [6.45, 7) is -4.06. The van der Waals surface area contributed by atoms with Gasteiger partial charge in [-0.1, -0.05) is 0 Å². The van der Waals surface area contributed by atoms with E-state index in [0.717, 1.165) is 64.2 Å². The third-order valence-electron chi connectivity index (χ3n) is 18.3. The van der Waals surface area contributed by atoms with Gasteiger partial charge in [0, 0.05) is 0 Å². The number of hydrogen-bond acceptors (Lipinski definition) is 4. The number of unbranched alkanes of at least 4 members (excludes halogenated alkanes) is 4. The van der Waals surface area contributed by atoms with Gasteiger partial charge in [-0.2, -0.15) is 0 Å². The van der Waals surface area contributed by atoms with Crippen LogP contribution in [0.1, 0.15) is 64.2 Å². The van der Waals surface area contributed by atoms with Crippen LogP contribution in [0.3, 0.4) is 0 Å². The fourth-order valence-corrected chi connectivity index (χ4v) is 96.0. The maximum atomic E-state index is 14.0. The van der Waals surface area contributed by atoms with Crippen molar-refractivity contribution in [2.45, 2.75) is 111 Å². The Morgan fingerprint density at radius 1 is 0.548 bits per heavy atom. The molecule has 0 amide bonds. The average Bonchev–Trinajstić information content (AvgIpc) is 3.65. The summed E-state index contributed by atoms with van der Waals surface area (Å²) in [5.74, 6) is -0.585. The molecule has 6 nitrogen and oxygen atoms in total. The van der Waals surface area contributed by atoms with Crippen LogP contribution in [0.2, 0.25) is 47.2 Å². The summed E-state index contributed by atoms with van der Waals surface area (Å²) in [4.78, 5) is 56.3. The fraction of sp³-hybridized carbons (Fsp3) is 0.833. The van der Waals surface area contributed by atoms with E-state index in [1.807, 2.05) is 0 Å². The van der Waals surface area contributed by atoms with E-state index in [4.69, 9.17) is 10.2 Å². The number of aliphatic carboxylic acids is 2. The monoisotopic (exact) mass is 470 g/mol. The van der Waals surface area contributed by atoms with Gasteiger partial charge in [-0.15, -0.1) is 0 Å². The Kier molecular flexibility index (Phi) is 1.14. The Balaban J connectivity index is 0.964. The first-order valence-electron chi connectivity index (χ1n) is 12.3. The first kappa shape index (κ1) is 16.4. The van der Waals surface area contributed by atoms with Gasteiger partial charge in [0.25, 0.3) is 0 Å². The first-order valence-corrected chi connectivity index (χ1v) is 18.5. The summed E-state index contributed by atoms with van der Waals surface area (Å²) in [6.07, 6.45) is 5.97. The standard InChI is InChI=1S/C19H25O6.C5H5.Fe/c20-16(10-3-1-5-12-18(22)23)14-8-7-9-15(14)17(21)11-4-2-6-13-19(24)25;1-2-4-5-3-1;/h7-9H,1-6,10-13H2,(H,22,23)(H,24,25);1-5H;. The van der Waals surface area contributed by atoms with Crippen LogP contribution < -0.4 is 0 Å². The van der Waals surface area contributed by atoms with Gasteiger partial charge in [0.1, 0.15) is 0 Å². The van der Waals surface area contributed by atoms with Gasteiger partial charge in [-0.25, -0.2) is 0 Å². The van der Waals surface area contributed by atoms with Gasteiger partial charge in [0.15, 0.2) is 0 Å². The van der Waals surface area contributed by atoms with Gasteiger partial charge in [0.2, 0.25) is 0 Å². The molecule has 10 aliphatic rings. The SMILES string of the molecule is O=C(O)CCCCCC(=O)[C]12[CH]3[CH]4[CH]5[C]1(C(=O)CCCCCC(=O)O)[Fe]43521678[CH]2[CH]1[CH]6[CH]7[CH]28. The molecule has 4 unspecified atom stereocenters. The third-order valence-corrected chi connectivity index (χ3v) is 61.1. The summed E-state index contributed by atoms with van der Waals surface area (Å²) in [5, 5.41) is 17.7. The molecule has 31 heavy (non-hydrogen) atoms. The van der Waals surface area contributed by atoms with E-state index in [1.165, 1.54) is 0 Å². The first-order chi connectivity index (χ1) is 14.6. The van der Waals surface area contributed by atoms with Crippen molar-refractivity contribution in [1.82, 2.24) is 0 Å². The van der Waals surface area contributed by atoms with Gasteiger partial charge in [-0.05, 0) is 0 Å². The number of carboxylic acid groups (broad SMARTS) is 2. The van der Waals surface area contributed by atoms with Gasteiger partial charge in [-0.3, -0.25) is 0 Å². The number of hydrogen-bond donors (Lipinski definition) is 2. The predicted molar refractivity (Wildman–Crippen MR) is 107 cm³/mol. The van der Waals surface area contributed by atoms with E-state index in [2.05, 4.69) is 0 Å². The molecule has 2 N–H and O–H groups in total. The summed E-state index contributed by atoms with van der Waals surface area (Å²) in [7, 11) is 0. The summed E-state index contributed by atoms with van der Waals surface area (Å²) >= 11 is 0. The van der Waals surface area contributed by atoms with Crippen molar-refractivity contribution < 1.29 is 35.9 Å². The molecule has 0 aliphatic carbocycles. The molecule has 10 rings (SSSR count). The molecule has 0 aromatic rings. The van der Waals surface area contributed by atoms with E-state index < -0.39 is 18.4 Å². The second kappa shape index (κ2) is 2.15. The zero-order valence-electron chi connectivity index (χ0n) is 17.6. The number of rotatable bonds is 14. The molecule has 10 saturated heterocycles. The second-order valence-electron chi connectivity index (χ2n) is 14.5. The number of carboxylic acids is 2. The Hall–Kier alpha value is -1.20. The minimum atomic E-state index is -4.06. The maximum absolute atomic E-state index is 14.0. The van der Waals surface area contributed by atoms with Crippen molar-refractivity contribution in [1.29, 1.82) is 0 Å². The molecule has 170 valence electrons. The van der Waals surface area contributed by atoms with Crippen molar-refractivity contribution in [3.63, 3.8) is 0 Å². The van der Waals surface area contributed by atoms with Crippen LogP contribution in [-0.2, 0) is 25.7 Å². The molecule has 10 aliphatic heterocycles. The molecule has 0 aromatic carbocycles. The number of Topliss-reactive ketones (excluding diaryl/α,β-unsaturated/α-hetero) is 2. The van der Waals surface area contributed by atoms with E-state index >= 15 is 0 Å².